The van der Waals surface area contributed by atoms with Gasteiger partial charge in [0.25, 0.3) is 0 Å². The molecule has 1 aliphatic rings. The highest BCUT2D eigenvalue weighted by Gasteiger charge is 2.20. The number of rotatable bonds is 2. The number of hydrogen-bond donors (Lipinski definition) is 0. The smallest absolute Gasteiger partial charge is 0.246 e. The van der Waals surface area contributed by atoms with Gasteiger partial charge in [-0.1, -0.05) is 19.2 Å². The van der Waals surface area contributed by atoms with E-state index < -0.39 is 0 Å². The molecule has 0 bridgehead atoms. The van der Waals surface area contributed by atoms with Crippen molar-refractivity contribution in [1.82, 2.24) is 4.90 Å². The second kappa shape index (κ2) is 4.03. The molecule has 2 rings (SSSR count). The van der Waals surface area contributed by atoms with Crippen molar-refractivity contribution < 1.29 is 4.79 Å². The molecule has 2 heterocycles. The molecular formula is C12H13NOS. The summed E-state index contributed by atoms with van der Waals surface area (Å²) in [7, 11) is 0. The fourth-order valence-corrected chi connectivity index (χ4v) is 2.84. The van der Waals surface area contributed by atoms with Crippen molar-refractivity contribution in [2.24, 2.45) is 0 Å². The number of carbonyl (C=O) groups is 1. The summed E-state index contributed by atoms with van der Waals surface area (Å²) in [5.74, 6) is 0.0224. The summed E-state index contributed by atoms with van der Waals surface area (Å²) in [6.45, 7) is 8.79. The maximum absolute atomic E-state index is 11.4. The van der Waals surface area contributed by atoms with Gasteiger partial charge in [-0.15, -0.1) is 11.3 Å². The van der Waals surface area contributed by atoms with Crippen molar-refractivity contribution in [3.05, 3.63) is 40.6 Å². The zero-order valence-electron chi connectivity index (χ0n) is 8.53. The molecule has 2 nitrogen and oxygen atoms in total. The Hall–Kier alpha value is -1.35. The van der Waals surface area contributed by atoms with Gasteiger partial charge >= 0.3 is 0 Å². The van der Waals surface area contributed by atoms with Crippen molar-refractivity contribution >= 4 is 23.3 Å². The van der Waals surface area contributed by atoms with Crippen LogP contribution in [-0.2, 0) is 17.8 Å². The van der Waals surface area contributed by atoms with Gasteiger partial charge in [0.05, 0.1) is 6.54 Å². The Bertz CT molecular complexity index is 419. The third kappa shape index (κ3) is 1.88. The fraction of sp³-hybridized carbons (Fsp3) is 0.250. The van der Waals surface area contributed by atoms with Crippen LogP contribution in [0.5, 0.6) is 0 Å². The van der Waals surface area contributed by atoms with E-state index in [0.717, 1.165) is 19.5 Å². The largest absolute Gasteiger partial charge is 0.334 e. The van der Waals surface area contributed by atoms with Crippen LogP contribution in [0.4, 0.5) is 0 Å². The monoisotopic (exact) mass is 219 g/mol. The van der Waals surface area contributed by atoms with Crippen LogP contribution in [0.1, 0.15) is 15.3 Å². The van der Waals surface area contributed by atoms with Crippen LogP contribution in [0.3, 0.4) is 0 Å². The van der Waals surface area contributed by atoms with Crippen LogP contribution in [0.15, 0.2) is 25.3 Å². The fourth-order valence-electron chi connectivity index (χ4n) is 1.76. The topological polar surface area (TPSA) is 20.3 Å². The molecule has 1 aromatic heterocycles. The van der Waals surface area contributed by atoms with E-state index in [1.54, 1.807) is 11.3 Å². The predicted octanol–water partition coefficient (Wildman–Crippen LogP) is 2.46. The molecule has 1 amide bonds. The van der Waals surface area contributed by atoms with E-state index >= 15 is 0 Å². The van der Waals surface area contributed by atoms with Crippen molar-refractivity contribution in [3.63, 3.8) is 0 Å². The third-order valence-corrected chi connectivity index (χ3v) is 3.75. The number of fused-ring (bicyclic) bond motifs is 1. The lowest BCUT2D eigenvalue weighted by molar-refractivity contribution is -0.126. The van der Waals surface area contributed by atoms with Gasteiger partial charge in [0, 0.05) is 16.3 Å². The Morgan fingerprint density at radius 1 is 1.53 bits per heavy atom. The van der Waals surface area contributed by atoms with Gasteiger partial charge in [0.15, 0.2) is 0 Å². The molecule has 0 aromatic carbocycles. The Morgan fingerprint density at radius 3 is 3.00 bits per heavy atom. The number of carbonyl (C=O) groups excluding carboxylic acids is 1. The molecule has 0 saturated carbocycles. The van der Waals surface area contributed by atoms with Crippen molar-refractivity contribution in [2.75, 3.05) is 6.54 Å². The van der Waals surface area contributed by atoms with Crippen LogP contribution < -0.4 is 0 Å². The Labute approximate surface area is 93.5 Å². The molecule has 3 heteroatoms. The predicted molar refractivity (Wildman–Crippen MR) is 63.7 cm³/mol. The first kappa shape index (κ1) is 10.2. The molecule has 1 aliphatic heterocycles. The maximum Gasteiger partial charge on any atom is 0.246 e. The van der Waals surface area contributed by atoms with Gasteiger partial charge in [0.1, 0.15) is 0 Å². The summed E-state index contributed by atoms with van der Waals surface area (Å²) in [4.78, 5) is 15.7. The second-order valence-corrected chi connectivity index (χ2v) is 4.68. The summed E-state index contributed by atoms with van der Waals surface area (Å²) >= 11 is 1.72. The first-order chi connectivity index (χ1) is 7.24. The summed E-state index contributed by atoms with van der Waals surface area (Å²) < 4.78 is 0. The maximum atomic E-state index is 11.4. The average molecular weight is 219 g/mol. The number of nitrogens with zero attached hydrogens (tertiary/aromatic N) is 1. The van der Waals surface area contributed by atoms with Gasteiger partial charge in [-0.3, -0.25) is 4.79 Å². The lowest BCUT2D eigenvalue weighted by Crippen LogP contribution is -2.33. The minimum atomic E-state index is 0.0224. The summed E-state index contributed by atoms with van der Waals surface area (Å²) in [6.07, 6.45) is 4.19. The van der Waals surface area contributed by atoms with E-state index in [4.69, 9.17) is 0 Å². The highest BCUT2D eigenvalue weighted by molar-refractivity contribution is 7.13. The number of thiophene rings is 1. The van der Waals surface area contributed by atoms with Gasteiger partial charge in [-0.25, -0.2) is 0 Å². The summed E-state index contributed by atoms with van der Waals surface area (Å²) in [5, 5.41) is 0. The molecule has 15 heavy (non-hydrogen) atoms. The van der Waals surface area contributed by atoms with Crippen molar-refractivity contribution in [1.29, 1.82) is 0 Å². The SMILES string of the molecule is C=CC(=O)N1CCc2cc(C=C)sc2C1. The minimum absolute atomic E-state index is 0.0224. The first-order valence-electron chi connectivity index (χ1n) is 4.90. The molecule has 0 saturated heterocycles. The normalized spacial score (nSPS) is 14.5. The zero-order chi connectivity index (χ0) is 10.8. The second-order valence-electron chi connectivity index (χ2n) is 3.52. The Kier molecular flexibility index (Phi) is 2.73. The molecule has 0 N–H and O–H groups in total. The molecule has 0 spiro atoms. The Morgan fingerprint density at radius 2 is 2.33 bits per heavy atom. The molecule has 0 atom stereocenters. The molecule has 0 fully saturated rings. The van der Waals surface area contributed by atoms with Crippen LogP contribution in [0, 0.1) is 0 Å². The lowest BCUT2D eigenvalue weighted by atomic mass is 10.1. The molecule has 78 valence electrons. The average Bonchev–Trinajstić information content (AvgIpc) is 2.69. The standard InChI is InChI=1S/C12H13NOS/c1-3-10-7-9-5-6-13(12(14)4-2)8-11(9)15-10/h3-4,7H,1-2,5-6,8H2. The van der Waals surface area contributed by atoms with E-state index in [1.165, 1.54) is 21.4 Å². The summed E-state index contributed by atoms with van der Waals surface area (Å²) in [6, 6.07) is 2.17. The minimum Gasteiger partial charge on any atom is -0.334 e. The van der Waals surface area contributed by atoms with Gasteiger partial charge < -0.3 is 4.90 Å². The van der Waals surface area contributed by atoms with E-state index in [9.17, 15) is 4.79 Å². The lowest BCUT2D eigenvalue weighted by Gasteiger charge is -2.25. The van der Waals surface area contributed by atoms with Crippen LogP contribution in [0.2, 0.25) is 0 Å². The molecule has 1 aromatic rings. The van der Waals surface area contributed by atoms with E-state index in [1.807, 2.05) is 11.0 Å². The molecule has 0 unspecified atom stereocenters. The van der Waals surface area contributed by atoms with Crippen LogP contribution in [0.25, 0.3) is 6.08 Å². The zero-order valence-corrected chi connectivity index (χ0v) is 9.35. The molecule has 0 aliphatic carbocycles. The van der Waals surface area contributed by atoms with E-state index in [2.05, 4.69) is 19.2 Å². The van der Waals surface area contributed by atoms with Gasteiger partial charge in [-0.05, 0) is 24.1 Å². The van der Waals surface area contributed by atoms with Crippen LogP contribution >= 0.6 is 11.3 Å². The highest BCUT2D eigenvalue weighted by atomic mass is 32.1. The third-order valence-electron chi connectivity index (χ3n) is 2.59. The Balaban J connectivity index is 2.22. The summed E-state index contributed by atoms with van der Waals surface area (Å²) in [5.41, 5.74) is 1.36. The number of amides is 1. The van der Waals surface area contributed by atoms with E-state index in [-0.39, 0.29) is 5.91 Å². The molecule has 0 radical (unpaired) electrons. The van der Waals surface area contributed by atoms with Crippen LogP contribution in [-0.4, -0.2) is 17.4 Å². The van der Waals surface area contributed by atoms with Crippen molar-refractivity contribution in [3.8, 4) is 0 Å². The van der Waals surface area contributed by atoms with E-state index in [0.29, 0.717) is 0 Å². The van der Waals surface area contributed by atoms with Gasteiger partial charge in [0.2, 0.25) is 5.91 Å². The quantitative estimate of drug-likeness (QED) is 0.700. The molecular weight excluding hydrogens is 206 g/mol. The highest BCUT2D eigenvalue weighted by Crippen LogP contribution is 2.28. The first-order valence-corrected chi connectivity index (χ1v) is 5.71. The van der Waals surface area contributed by atoms with Crippen molar-refractivity contribution in [2.45, 2.75) is 13.0 Å². The van der Waals surface area contributed by atoms with Gasteiger partial charge in [-0.2, -0.15) is 0 Å². The number of hydrogen-bond acceptors (Lipinski definition) is 2.